The van der Waals surface area contributed by atoms with Gasteiger partial charge in [-0.3, -0.25) is 4.79 Å². The molecular formula is C29H26F7N7O3. The van der Waals surface area contributed by atoms with Crippen molar-refractivity contribution in [3.63, 3.8) is 0 Å². The van der Waals surface area contributed by atoms with Gasteiger partial charge in [0.05, 0.1) is 24.3 Å². The van der Waals surface area contributed by atoms with Gasteiger partial charge in [0.15, 0.2) is 17.1 Å². The Morgan fingerprint density at radius 1 is 1.07 bits per heavy atom. The van der Waals surface area contributed by atoms with Gasteiger partial charge in [0.1, 0.15) is 28.5 Å². The van der Waals surface area contributed by atoms with Crippen LogP contribution in [0.25, 0.3) is 17.2 Å². The van der Waals surface area contributed by atoms with Gasteiger partial charge in [0.25, 0.3) is 0 Å². The Morgan fingerprint density at radius 3 is 2.39 bits per heavy atom. The number of amides is 1. The number of imidazole rings is 1. The van der Waals surface area contributed by atoms with E-state index in [1.807, 2.05) is 0 Å². The molecule has 6 rings (SSSR count). The molecule has 0 spiro atoms. The first kappa shape index (κ1) is 31.4. The molecule has 1 amide bonds. The molecule has 5 heterocycles. The molecule has 10 nitrogen and oxygen atoms in total. The van der Waals surface area contributed by atoms with Gasteiger partial charge in [-0.05, 0) is 37.5 Å². The van der Waals surface area contributed by atoms with Crippen molar-refractivity contribution in [1.82, 2.24) is 24.3 Å². The summed E-state index contributed by atoms with van der Waals surface area (Å²) in [5.41, 5.74) is -3.79. The molecule has 0 radical (unpaired) electrons. The topological polar surface area (TPSA) is 129 Å². The lowest BCUT2D eigenvalue weighted by Crippen LogP contribution is -2.69. The number of phenols is 1. The van der Waals surface area contributed by atoms with Crippen LogP contribution in [0, 0.1) is 6.92 Å². The highest BCUT2D eigenvalue weighted by Crippen LogP contribution is 2.50. The molecule has 3 N–H and O–H groups in total. The monoisotopic (exact) mass is 653 g/mol. The Hall–Kier alpha value is -4.54. The van der Waals surface area contributed by atoms with Gasteiger partial charge in [0, 0.05) is 31.9 Å². The molecule has 3 aromatic heterocycles. The summed E-state index contributed by atoms with van der Waals surface area (Å²) in [5.74, 6) is -9.75. The number of phenolic OH excluding ortho intramolecular Hbond substituents is 1. The fraction of sp³-hybridized carbons (Fsp3) is 0.414. The second-order valence-electron chi connectivity index (χ2n) is 11.9. The molecule has 244 valence electrons. The number of aliphatic hydroxyl groups is 1. The predicted molar refractivity (Wildman–Crippen MR) is 149 cm³/mol. The average Bonchev–Trinajstić information content (AvgIpc) is 3.52. The summed E-state index contributed by atoms with van der Waals surface area (Å²) in [6.45, 7) is 1.39. The number of aromatic hydroxyl groups is 1. The van der Waals surface area contributed by atoms with Gasteiger partial charge < -0.3 is 24.8 Å². The zero-order chi connectivity index (χ0) is 33.6. The van der Waals surface area contributed by atoms with Crippen molar-refractivity contribution in [3.8, 4) is 17.3 Å². The molecule has 1 atom stereocenters. The van der Waals surface area contributed by atoms with Crippen LogP contribution in [0.15, 0.2) is 36.8 Å². The van der Waals surface area contributed by atoms with Crippen LogP contribution in [0.4, 0.5) is 42.4 Å². The summed E-state index contributed by atoms with van der Waals surface area (Å²) in [6, 6.07) is 4.39. The largest absolute Gasteiger partial charge is 0.508 e. The summed E-state index contributed by atoms with van der Waals surface area (Å²) in [5, 5.41) is 22.9. The zero-order valence-corrected chi connectivity index (χ0v) is 24.4. The number of anilines is 2. The second-order valence-corrected chi connectivity index (χ2v) is 11.9. The normalized spacial score (nSPS) is 19.7. The lowest BCUT2D eigenvalue weighted by Gasteiger charge is -2.48. The van der Waals surface area contributed by atoms with E-state index in [0.717, 1.165) is 4.90 Å². The van der Waals surface area contributed by atoms with Crippen LogP contribution >= 0.6 is 0 Å². The highest BCUT2D eigenvalue weighted by molar-refractivity contribution is 6.09. The average molecular weight is 654 g/mol. The minimum Gasteiger partial charge on any atom is -0.508 e. The summed E-state index contributed by atoms with van der Waals surface area (Å²) < 4.78 is 97.6. The number of β-amino-alcohol motifs (C(OH)–C–C–N with tert-alkyl or cyclic N) is 1. The van der Waals surface area contributed by atoms with Crippen molar-refractivity contribution < 1.29 is 45.7 Å². The maximum absolute atomic E-state index is 14.2. The van der Waals surface area contributed by atoms with Crippen LogP contribution in [0.5, 0.6) is 5.75 Å². The highest BCUT2D eigenvalue weighted by atomic mass is 19.4. The zero-order valence-electron chi connectivity index (χ0n) is 24.4. The fourth-order valence-electron chi connectivity index (χ4n) is 5.61. The molecule has 0 aliphatic carbocycles. The first-order chi connectivity index (χ1) is 21.2. The Labute approximate surface area is 255 Å². The number of aromatic nitrogens is 5. The molecule has 4 aromatic rings. The minimum atomic E-state index is -4.96. The number of benzene rings is 1. The van der Waals surface area contributed by atoms with E-state index in [0.29, 0.717) is 11.1 Å². The third kappa shape index (κ3) is 4.78. The van der Waals surface area contributed by atoms with Gasteiger partial charge in [-0.15, -0.1) is 0 Å². The number of carbonyl (C=O) groups excluding carboxylic acids is 1. The summed E-state index contributed by atoms with van der Waals surface area (Å²) >= 11 is 0. The molecule has 17 heteroatoms. The highest BCUT2D eigenvalue weighted by Gasteiger charge is 2.62. The van der Waals surface area contributed by atoms with Crippen molar-refractivity contribution in [1.29, 1.82) is 0 Å². The molecule has 1 saturated heterocycles. The van der Waals surface area contributed by atoms with Crippen LogP contribution < -0.4 is 10.2 Å². The third-order valence-corrected chi connectivity index (χ3v) is 8.57. The van der Waals surface area contributed by atoms with E-state index in [-0.39, 0.29) is 52.7 Å². The number of aryl methyl sites for hydroxylation is 2. The Morgan fingerprint density at radius 2 is 1.76 bits per heavy atom. The molecule has 0 saturated carbocycles. The van der Waals surface area contributed by atoms with Crippen molar-refractivity contribution in [2.75, 3.05) is 23.3 Å². The van der Waals surface area contributed by atoms with Crippen molar-refractivity contribution >= 4 is 23.2 Å². The molecule has 2 aliphatic rings. The summed E-state index contributed by atoms with van der Waals surface area (Å²) in [4.78, 5) is 32.0. The Balaban J connectivity index is 1.50. The van der Waals surface area contributed by atoms with Gasteiger partial charge in [-0.1, -0.05) is 12.1 Å². The van der Waals surface area contributed by atoms with E-state index in [9.17, 15) is 45.7 Å². The van der Waals surface area contributed by atoms with Gasteiger partial charge >= 0.3 is 18.0 Å². The molecule has 1 unspecified atom stereocenters. The SMILES string of the molecule is Cc1cc(C2(C)C(=O)Nc3nc(-c4cn5ccnc5c(CCC(F)(F)C(C)(F)F)n4)nc(N4CC(O)(C(F)(F)F)C4)c32)ccc1O. The number of nitrogens with one attached hydrogen (secondary N) is 1. The number of alkyl halides is 7. The van der Waals surface area contributed by atoms with E-state index in [1.165, 1.54) is 42.0 Å². The van der Waals surface area contributed by atoms with Crippen LogP contribution in [-0.4, -0.2) is 77.2 Å². The predicted octanol–water partition coefficient (Wildman–Crippen LogP) is 4.79. The van der Waals surface area contributed by atoms with E-state index in [4.69, 9.17) is 0 Å². The second kappa shape index (κ2) is 9.98. The minimum absolute atomic E-state index is 0.0482. The standard InChI is InChI=1S/C29H26F7N7O3/c1-14-10-15(4-5-18(14)44)25(2)19-21(41-24(25)45)39-20(40-23(19)43-12-27(46,13-43)29(34,35)36)17-11-42-9-8-37-22(42)16(38-17)6-7-28(32,33)26(3,30)31/h4-5,8-11,44,46H,6-7,12-13H2,1-3H3,(H,39,40,41,45). The van der Waals surface area contributed by atoms with E-state index in [2.05, 4.69) is 25.3 Å². The van der Waals surface area contributed by atoms with Crippen molar-refractivity contribution in [2.24, 2.45) is 0 Å². The van der Waals surface area contributed by atoms with Gasteiger partial charge in [-0.25, -0.2) is 28.7 Å². The van der Waals surface area contributed by atoms with Crippen LogP contribution in [0.2, 0.25) is 0 Å². The molecule has 0 bridgehead atoms. The van der Waals surface area contributed by atoms with Crippen LogP contribution in [0.1, 0.15) is 42.7 Å². The first-order valence-electron chi connectivity index (χ1n) is 13.9. The number of halogens is 7. The summed E-state index contributed by atoms with van der Waals surface area (Å²) in [7, 11) is 0. The lowest BCUT2D eigenvalue weighted by atomic mass is 9.76. The van der Waals surface area contributed by atoms with E-state index >= 15 is 0 Å². The number of nitrogens with zero attached hydrogens (tertiary/aromatic N) is 6. The molecule has 46 heavy (non-hydrogen) atoms. The maximum Gasteiger partial charge on any atom is 0.420 e. The van der Waals surface area contributed by atoms with Gasteiger partial charge in [0.2, 0.25) is 5.91 Å². The van der Waals surface area contributed by atoms with Crippen LogP contribution in [-0.2, 0) is 16.6 Å². The quantitative estimate of drug-likeness (QED) is 0.243. The fourth-order valence-corrected chi connectivity index (χ4v) is 5.61. The third-order valence-electron chi connectivity index (χ3n) is 8.57. The Kier molecular flexibility index (Phi) is 6.82. The molecule has 1 aromatic carbocycles. The molecular weight excluding hydrogens is 627 g/mol. The lowest BCUT2D eigenvalue weighted by molar-refractivity contribution is -0.267. The Bertz CT molecular complexity index is 1880. The molecule has 1 fully saturated rings. The number of fused-ring (bicyclic) bond motifs is 2. The van der Waals surface area contributed by atoms with E-state index in [1.54, 1.807) is 13.0 Å². The number of rotatable bonds is 7. The van der Waals surface area contributed by atoms with E-state index < -0.39 is 60.9 Å². The first-order valence-corrected chi connectivity index (χ1v) is 13.9. The molecule has 2 aliphatic heterocycles. The van der Waals surface area contributed by atoms with Gasteiger partial charge in [-0.2, -0.15) is 22.0 Å². The van der Waals surface area contributed by atoms with Crippen molar-refractivity contribution in [2.45, 2.75) is 62.7 Å². The number of hydrogen-bond donors (Lipinski definition) is 3. The van der Waals surface area contributed by atoms with Crippen molar-refractivity contribution in [3.05, 3.63) is 59.2 Å². The maximum atomic E-state index is 14.2. The number of hydrogen-bond acceptors (Lipinski definition) is 8. The summed E-state index contributed by atoms with van der Waals surface area (Å²) in [6.07, 6.45) is -2.72. The number of carbonyl (C=O) groups is 1. The smallest absolute Gasteiger partial charge is 0.420 e. The van der Waals surface area contributed by atoms with Crippen LogP contribution in [0.3, 0.4) is 0 Å².